The topological polar surface area (TPSA) is 72.2 Å². The molecule has 0 atom stereocenters. The Kier molecular flexibility index (Phi) is 3.46. The number of amides is 1. The molecule has 0 aromatic heterocycles. The first-order valence-electron chi connectivity index (χ1n) is 5.96. The van der Waals surface area contributed by atoms with Gasteiger partial charge in [0.15, 0.2) is 0 Å². The SMILES string of the molecule is CC(C)C(=O)Nc1ccc2cc([N+](=O)[O-])ccc2c1. The minimum Gasteiger partial charge on any atom is -0.326 e. The number of rotatable bonds is 3. The zero-order valence-corrected chi connectivity index (χ0v) is 10.7. The van der Waals surface area contributed by atoms with Gasteiger partial charge in [-0.15, -0.1) is 0 Å². The molecule has 2 aromatic carbocycles. The van der Waals surface area contributed by atoms with Gasteiger partial charge in [-0.3, -0.25) is 14.9 Å². The highest BCUT2D eigenvalue weighted by molar-refractivity contribution is 5.95. The zero-order chi connectivity index (χ0) is 14.0. The maximum absolute atomic E-state index is 11.6. The van der Waals surface area contributed by atoms with Crippen molar-refractivity contribution < 1.29 is 9.72 Å². The van der Waals surface area contributed by atoms with Crippen molar-refractivity contribution in [3.63, 3.8) is 0 Å². The normalized spacial score (nSPS) is 10.7. The van der Waals surface area contributed by atoms with Crippen LogP contribution in [0.4, 0.5) is 11.4 Å². The van der Waals surface area contributed by atoms with Crippen LogP contribution in [0.5, 0.6) is 0 Å². The van der Waals surface area contributed by atoms with Gasteiger partial charge in [0.05, 0.1) is 4.92 Å². The lowest BCUT2D eigenvalue weighted by molar-refractivity contribution is -0.384. The summed E-state index contributed by atoms with van der Waals surface area (Å²) in [6.45, 7) is 3.64. The molecule has 0 radical (unpaired) electrons. The number of nitro groups is 1. The molecule has 0 spiro atoms. The minimum absolute atomic E-state index is 0.0544. The Balaban J connectivity index is 2.34. The molecule has 0 unspecified atom stereocenters. The van der Waals surface area contributed by atoms with Crippen LogP contribution in [0.2, 0.25) is 0 Å². The first kappa shape index (κ1) is 13.0. The van der Waals surface area contributed by atoms with Crippen LogP contribution < -0.4 is 5.32 Å². The molecular formula is C14H14N2O3. The van der Waals surface area contributed by atoms with Crippen molar-refractivity contribution in [3.05, 3.63) is 46.5 Å². The van der Waals surface area contributed by atoms with Crippen molar-refractivity contribution in [2.75, 3.05) is 5.32 Å². The second kappa shape index (κ2) is 5.06. The molecular weight excluding hydrogens is 244 g/mol. The minimum atomic E-state index is -0.423. The van der Waals surface area contributed by atoms with Crippen molar-refractivity contribution in [1.29, 1.82) is 0 Å². The molecule has 0 aliphatic carbocycles. The van der Waals surface area contributed by atoms with Crippen LogP contribution in [0.25, 0.3) is 10.8 Å². The maximum atomic E-state index is 11.6. The Morgan fingerprint density at radius 1 is 1.16 bits per heavy atom. The lowest BCUT2D eigenvalue weighted by Crippen LogP contribution is -2.17. The van der Waals surface area contributed by atoms with Gasteiger partial charge in [0.1, 0.15) is 0 Å². The predicted molar refractivity (Wildman–Crippen MR) is 74.1 cm³/mol. The van der Waals surface area contributed by atoms with Gasteiger partial charge in [0.25, 0.3) is 5.69 Å². The number of hydrogen-bond donors (Lipinski definition) is 1. The fourth-order valence-electron chi connectivity index (χ4n) is 1.71. The molecule has 5 heteroatoms. The zero-order valence-electron chi connectivity index (χ0n) is 10.7. The van der Waals surface area contributed by atoms with E-state index in [9.17, 15) is 14.9 Å². The second-order valence-corrected chi connectivity index (χ2v) is 4.65. The van der Waals surface area contributed by atoms with Crippen LogP contribution in [0.15, 0.2) is 36.4 Å². The van der Waals surface area contributed by atoms with Crippen molar-refractivity contribution in [1.82, 2.24) is 0 Å². The van der Waals surface area contributed by atoms with E-state index in [1.54, 1.807) is 24.3 Å². The fraction of sp³-hybridized carbons (Fsp3) is 0.214. The lowest BCUT2D eigenvalue weighted by atomic mass is 10.1. The van der Waals surface area contributed by atoms with Crippen molar-refractivity contribution >= 4 is 28.1 Å². The molecule has 1 N–H and O–H groups in total. The van der Waals surface area contributed by atoms with Gasteiger partial charge >= 0.3 is 0 Å². The molecule has 19 heavy (non-hydrogen) atoms. The number of fused-ring (bicyclic) bond motifs is 1. The molecule has 0 aliphatic rings. The van der Waals surface area contributed by atoms with Gasteiger partial charge in [0, 0.05) is 23.7 Å². The standard InChI is InChI=1S/C14H14N2O3/c1-9(2)14(17)15-12-5-3-11-8-13(16(18)19)6-4-10(11)7-12/h3-9H,1-2H3,(H,15,17). The number of hydrogen-bond acceptors (Lipinski definition) is 3. The predicted octanol–water partition coefficient (Wildman–Crippen LogP) is 3.34. The number of carbonyl (C=O) groups excluding carboxylic acids is 1. The Bertz CT molecular complexity index is 650. The van der Waals surface area contributed by atoms with Gasteiger partial charge in [-0.2, -0.15) is 0 Å². The number of nitrogens with one attached hydrogen (secondary N) is 1. The Morgan fingerprint density at radius 3 is 2.42 bits per heavy atom. The monoisotopic (exact) mass is 258 g/mol. The quantitative estimate of drug-likeness (QED) is 0.677. The Hall–Kier alpha value is -2.43. The van der Waals surface area contributed by atoms with E-state index in [1.807, 2.05) is 13.8 Å². The summed E-state index contributed by atoms with van der Waals surface area (Å²) in [5, 5.41) is 15.1. The van der Waals surface area contributed by atoms with E-state index in [-0.39, 0.29) is 17.5 Å². The first-order valence-corrected chi connectivity index (χ1v) is 5.96. The third-order valence-electron chi connectivity index (χ3n) is 2.83. The molecule has 0 bridgehead atoms. The lowest BCUT2D eigenvalue weighted by Gasteiger charge is -2.08. The highest BCUT2D eigenvalue weighted by Gasteiger charge is 2.09. The largest absolute Gasteiger partial charge is 0.326 e. The molecule has 0 heterocycles. The van der Waals surface area contributed by atoms with E-state index in [0.717, 1.165) is 10.8 Å². The summed E-state index contributed by atoms with van der Waals surface area (Å²) >= 11 is 0. The first-order chi connectivity index (χ1) is 8.97. The van der Waals surface area contributed by atoms with Crippen molar-refractivity contribution in [2.24, 2.45) is 5.92 Å². The summed E-state index contributed by atoms with van der Waals surface area (Å²) in [4.78, 5) is 21.8. The van der Waals surface area contributed by atoms with Crippen LogP contribution in [0.1, 0.15) is 13.8 Å². The number of carbonyl (C=O) groups is 1. The Morgan fingerprint density at radius 2 is 1.79 bits per heavy atom. The van der Waals surface area contributed by atoms with E-state index < -0.39 is 4.92 Å². The van der Waals surface area contributed by atoms with Crippen LogP contribution in [-0.4, -0.2) is 10.8 Å². The number of nitro benzene ring substituents is 1. The van der Waals surface area contributed by atoms with Gasteiger partial charge < -0.3 is 5.32 Å². The fourth-order valence-corrected chi connectivity index (χ4v) is 1.71. The molecule has 5 nitrogen and oxygen atoms in total. The molecule has 2 rings (SSSR count). The van der Waals surface area contributed by atoms with E-state index in [0.29, 0.717) is 5.69 Å². The van der Waals surface area contributed by atoms with Crippen LogP contribution in [0, 0.1) is 16.0 Å². The van der Waals surface area contributed by atoms with E-state index >= 15 is 0 Å². The number of non-ortho nitro benzene ring substituents is 1. The summed E-state index contributed by atoms with van der Waals surface area (Å²) in [7, 11) is 0. The number of nitrogens with zero attached hydrogens (tertiary/aromatic N) is 1. The highest BCUT2D eigenvalue weighted by atomic mass is 16.6. The van der Waals surface area contributed by atoms with Crippen molar-refractivity contribution in [3.8, 4) is 0 Å². The van der Waals surface area contributed by atoms with E-state index in [1.165, 1.54) is 12.1 Å². The van der Waals surface area contributed by atoms with Gasteiger partial charge in [-0.05, 0) is 29.0 Å². The summed E-state index contributed by atoms with van der Waals surface area (Å²) in [6.07, 6.45) is 0. The van der Waals surface area contributed by atoms with E-state index in [2.05, 4.69) is 5.32 Å². The summed E-state index contributed by atoms with van der Waals surface area (Å²) in [6, 6.07) is 9.96. The molecule has 2 aromatic rings. The average molecular weight is 258 g/mol. The van der Waals surface area contributed by atoms with Gasteiger partial charge in [-0.1, -0.05) is 19.9 Å². The molecule has 98 valence electrons. The second-order valence-electron chi connectivity index (χ2n) is 4.65. The average Bonchev–Trinajstić information content (AvgIpc) is 2.37. The molecule has 1 amide bonds. The van der Waals surface area contributed by atoms with Crippen LogP contribution >= 0.6 is 0 Å². The van der Waals surface area contributed by atoms with Crippen molar-refractivity contribution in [2.45, 2.75) is 13.8 Å². The molecule has 0 saturated carbocycles. The Labute approximate surface area is 110 Å². The third kappa shape index (κ3) is 2.88. The highest BCUT2D eigenvalue weighted by Crippen LogP contribution is 2.24. The number of benzene rings is 2. The number of anilines is 1. The van der Waals surface area contributed by atoms with Crippen LogP contribution in [0.3, 0.4) is 0 Å². The molecule has 0 saturated heterocycles. The van der Waals surface area contributed by atoms with E-state index in [4.69, 9.17) is 0 Å². The third-order valence-corrected chi connectivity index (χ3v) is 2.83. The maximum Gasteiger partial charge on any atom is 0.270 e. The van der Waals surface area contributed by atoms with Gasteiger partial charge in [0.2, 0.25) is 5.91 Å². The van der Waals surface area contributed by atoms with Crippen LogP contribution in [-0.2, 0) is 4.79 Å². The summed E-state index contributed by atoms with van der Waals surface area (Å²) in [5.41, 5.74) is 0.756. The smallest absolute Gasteiger partial charge is 0.270 e. The molecule has 0 aliphatic heterocycles. The molecule has 0 fully saturated rings. The van der Waals surface area contributed by atoms with Gasteiger partial charge in [-0.25, -0.2) is 0 Å². The summed E-state index contributed by atoms with van der Waals surface area (Å²) < 4.78 is 0. The summed E-state index contributed by atoms with van der Waals surface area (Å²) in [5.74, 6) is -0.145.